The SMILES string of the molecule is NCC#CC1CNC1. The quantitative estimate of drug-likeness (QED) is 0.399. The molecule has 0 saturated carbocycles. The number of nitrogens with one attached hydrogen (secondary N) is 1. The van der Waals surface area contributed by atoms with E-state index in [1.807, 2.05) is 0 Å². The second-order valence-corrected chi connectivity index (χ2v) is 1.88. The third-order valence-corrected chi connectivity index (χ3v) is 1.19. The maximum absolute atomic E-state index is 5.16. The van der Waals surface area contributed by atoms with Gasteiger partial charge in [0.15, 0.2) is 0 Å². The van der Waals surface area contributed by atoms with Gasteiger partial charge in [-0.25, -0.2) is 0 Å². The monoisotopic (exact) mass is 110 g/mol. The van der Waals surface area contributed by atoms with Crippen molar-refractivity contribution in [2.45, 2.75) is 0 Å². The van der Waals surface area contributed by atoms with Crippen LogP contribution in [0.5, 0.6) is 0 Å². The summed E-state index contributed by atoms with van der Waals surface area (Å²) in [5.74, 6) is 6.45. The largest absolute Gasteiger partial charge is 0.320 e. The summed E-state index contributed by atoms with van der Waals surface area (Å²) in [5, 5.41) is 3.13. The van der Waals surface area contributed by atoms with Crippen molar-refractivity contribution < 1.29 is 0 Å². The predicted molar refractivity (Wildman–Crippen MR) is 33.2 cm³/mol. The summed E-state index contributed by atoms with van der Waals surface area (Å²) in [4.78, 5) is 0. The van der Waals surface area contributed by atoms with Gasteiger partial charge in [0.25, 0.3) is 0 Å². The molecule has 0 bridgehead atoms. The Kier molecular flexibility index (Phi) is 1.90. The molecule has 0 amide bonds. The molecule has 2 heteroatoms. The van der Waals surface area contributed by atoms with Crippen molar-refractivity contribution in [2.75, 3.05) is 19.6 Å². The van der Waals surface area contributed by atoms with Gasteiger partial charge in [0.05, 0.1) is 6.54 Å². The molecule has 44 valence electrons. The molecule has 0 spiro atoms. The van der Waals surface area contributed by atoms with Crippen molar-refractivity contribution in [3.05, 3.63) is 0 Å². The van der Waals surface area contributed by atoms with E-state index in [1.54, 1.807) is 0 Å². The van der Waals surface area contributed by atoms with Crippen molar-refractivity contribution in [3.63, 3.8) is 0 Å². The molecule has 1 aliphatic rings. The highest BCUT2D eigenvalue weighted by Gasteiger charge is 2.11. The molecule has 1 rings (SSSR count). The molecule has 1 heterocycles. The van der Waals surface area contributed by atoms with Gasteiger partial charge in [0.1, 0.15) is 0 Å². The van der Waals surface area contributed by atoms with Gasteiger partial charge in [-0.05, 0) is 0 Å². The van der Waals surface area contributed by atoms with Crippen LogP contribution in [0.15, 0.2) is 0 Å². The molecule has 1 saturated heterocycles. The van der Waals surface area contributed by atoms with Gasteiger partial charge in [0.2, 0.25) is 0 Å². The lowest BCUT2D eigenvalue weighted by Gasteiger charge is -2.21. The molecule has 0 radical (unpaired) electrons. The molecule has 0 aliphatic carbocycles. The van der Waals surface area contributed by atoms with E-state index in [2.05, 4.69) is 17.2 Å². The normalized spacial score (nSPS) is 18.6. The highest BCUT2D eigenvalue weighted by atomic mass is 14.9. The standard InChI is InChI=1S/C6H10N2/c7-3-1-2-6-4-8-5-6/h6,8H,3-5,7H2. The van der Waals surface area contributed by atoms with Crippen molar-refractivity contribution in [1.29, 1.82) is 0 Å². The average Bonchev–Trinajstić information content (AvgIpc) is 1.63. The molecular weight excluding hydrogens is 100 g/mol. The van der Waals surface area contributed by atoms with Gasteiger partial charge in [-0.15, -0.1) is 0 Å². The topological polar surface area (TPSA) is 38.0 Å². The predicted octanol–water partition coefficient (Wildman–Crippen LogP) is -0.832. The Bertz CT molecular complexity index is 116. The molecule has 1 fully saturated rings. The van der Waals surface area contributed by atoms with E-state index in [0.29, 0.717) is 12.5 Å². The van der Waals surface area contributed by atoms with E-state index in [9.17, 15) is 0 Å². The zero-order chi connectivity index (χ0) is 5.82. The van der Waals surface area contributed by atoms with Gasteiger partial charge in [0, 0.05) is 19.0 Å². The van der Waals surface area contributed by atoms with E-state index < -0.39 is 0 Å². The second kappa shape index (κ2) is 2.71. The zero-order valence-corrected chi connectivity index (χ0v) is 4.78. The molecule has 3 N–H and O–H groups in total. The van der Waals surface area contributed by atoms with Crippen LogP contribution in [0.4, 0.5) is 0 Å². The summed E-state index contributed by atoms with van der Waals surface area (Å²) in [7, 11) is 0. The number of nitrogens with two attached hydrogens (primary N) is 1. The summed E-state index contributed by atoms with van der Waals surface area (Å²) in [6, 6.07) is 0. The van der Waals surface area contributed by atoms with Crippen molar-refractivity contribution in [2.24, 2.45) is 11.7 Å². The molecule has 0 aromatic carbocycles. The van der Waals surface area contributed by atoms with Crippen LogP contribution in [-0.2, 0) is 0 Å². The molecule has 2 nitrogen and oxygen atoms in total. The maximum atomic E-state index is 5.16. The van der Waals surface area contributed by atoms with Gasteiger partial charge in [-0.2, -0.15) is 0 Å². The van der Waals surface area contributed by atoms with Gasteiger partial charge in [-0.3, -0.25) is 0 Å². The maximum Gasteiger partial charge on any atom is 0.0551 e. The Morgan fingerprint density at radius 2 is 2.38 bits per heavy atom. The fraction of sp³-hybridized carbons (Fsp3) is 0.667. The van der Waals surface area contributed by atoms with Gasteiger partial charge < -0.3 is 11.1 Å². The van der Waals surface area contributed by atoms with E-state index in [4.69, 9.17) is 5.73 Å². The third-order valence-electron chi connectivity index (χ3n) is 1.19. The lowest BCUT2D eigenvalue weighted by atomic mass is 10.1. The van der Waals surface area contributed by atoms with Crippen LogP contribution >= 0.6 is 0 Å². The molecule has 1 aliphatic heterocycles. The van der Waals surface area contributed by atoms with E-state index in [1.165, 1.54) is 0 Å². The van der Waals surface area contributed by atoms with Crippen LogP contribution < -0.4 is 11.1 Å². The Labute approximate surface area is 49.4 Å². The first kappa shape index (κ1) is 5.61. The molecule has 0 atom stereocenters. The van der Waals surface area contributed by atoms with Crippen molar-refractivity contribution >= 4 is 0 Å². The van der Waals surface area contributed by atoms with Crippen LogP contribution in [0.3, 0.4) is 0 Å². The van der Waals surface area contributed by atoms with Crippen LogP contribution in [0.2, 0.25) is 0 Å². The second-order valence-electron chi connectivity index (χ2n) is 1.88. The van der Waals surface area contributed by atoms with Crippen molar-refractivity contribution in [3.8, 4) is 11.8 Å². The molecular formula is C6H10N2. The summed E-state index contributed by atoms with van der Waals surface area (Å²) >= 11 is 0. The molecule has 0 unspecified atom stereocenters. The van der Waals surface area contributed by atoms with Crippen LogP contribution in [0.25, 0.3) is 0 Å². The Hall–Kier alpha value is -0.520. The minimum Gasteiger partial charge on any atom is -0.320 e. The first-order valence-corrected chi connectivity index (χ1v) is 2.82. The van der Waals surface area contributed by atoms with Crippen LogP contribution in [0, 0.1) is 17.8 Å². The minimum absolute atomic E-state index is 0.497. The van der Waals surface area contributed by atoms with E-state index >= 15 is 0 Å². The van der Waals surface area contributed by atoms with Gasteiger partial charge in [-0.1, -0.05) is 11.8 Å². The zero-order valence-electron chi connectivity index (χ0n) is 4.78. The highest BCUT2D eigenvalue weighted by Crippen LogP contribution is 1.98. The Morgan fingerprint density at radius 3 is 2.75 bits per heavy atom. The lowest BCUT2D eigenvalue weighted by Crippen LogP contribution is -2.40. The molecule has 0 aromatic heterocycles. The Balaban J connectivity index is 2.16. The average molecular weight is 110 g/mol. The lowest BCUT2D eigenvalue weighted by molar-refractivity contribution is 0.432. The smallest absolute Gasteiger partial charge is 0.0551 e. The van der Waals surface area contributed by atoms with Crippen molar-refractivity contribution in [1.82, 2.24) is 5.32 Å². The first-order chi connectivity index (χ1) is 3.93. The summed E-state index contributed by atoms with van der Waals surface area (Å²) in [6.45, 7) is 2.59. The Morgan fingerprint density at radius 1 is 1.62 bits per heavy atom. The van der Waals surface area contributed by atoms with Crippen LogP contribution in [-0.4, -0.2) is 19.6 Å². The summed E-state index contributed by atoms with van der Waals surface area (Å²) in [6.07, 6.45) is 0. The van der Waals surface area contributed by atoms with Gasteiger partial charge >= 0.3 is 0 Å². The number of hydrogen-bond acceptors (Lipinski definition) is 2. The third kappa shape index (κ3) is 1.22. The van der Waals surface area contributed by atoms with E-state index in [0.717, 1.165) is 13.1 Å². The first-order valence-electron chi connectivity index (χ1n) is 2.82. The molecule has 8 heavy (non-hydrogen) atoms. The summed E-state index contributed by atoms with van der Waals surface area (Å²) in [5.41, 5.74) is 5.16. The number of hydrogen-bond donors (Lipinski definition) is 2. The summed E-state index contributed by atoms with van der Waals surface area (Å²) < 4.78 is 0. The van der Waals surface area contributed by atoms with Crippen LogP contribution in [0.1, 0.15) is 0 Å². The fourth-order valence-electron chi connectivity index (χ4n) is 0.594. The minimum atomic E-state index is 0.497. The molecule has 0 aromatic rings. The number of rotatable bonds is 0. The highest BCUT2D eigenvalue weighted by molar-refractivity contribution is 5.08. The fourth-order valence-corrected chi connectivity index (χ4v) is 0.594. The van der Waals surface area contributed by atoms with E-state index in [-0.39, 0.29) is 0 Å².